The fraction of sp³-hybridized carbons (Fsp3) is 0.160. The highest BCUT2D eigenvalue weighted by molar-refractivity contribution is 7.81. The van der Waals surface area contributed by atoms with Crippen LogP contribution in [0.3, 0.4) is 0 Å². The molecule has 2 aromatic carbocycles. The standard InChI is InChI=1S/C25H28N2S/c1-5-17-26(18-6-2)23-13-9-21(10-14-23)25(28)22-11-15-24(16-12-22)27(19-7-3)20-8-4/h5-16H,1-4,17-20H2. The monoisotopic (exact) mass is 388 g/mol. The van der Waals surface area contributed by atoms with Crippen LogP contribution in [0.15, 0.2) is 99.2 Å². The number of hydrogen-bond acceptors (Lipinski definition) is 3. The van der Waals surface area contributed by atoms with Gasteiger partial charge in [0.2, 0.25) is 0 Å². The molecule has 0 saturated carbocycles. The van der Waals surface area contributed by atoms with Crippen LogP contribution in [0.4, 0.5) is 11.4 Å². The number of anilines is 2. The molecule has 3 heteroatoms. The number of hydrogen-bond donors (Lipinski definition) is 0. The fourth-order valence-corrected chi connectivity index (χ4v) is 3.28. The van der Waals surface area contributed by atoms with Crippen molar-refractivity contribution >= 4 is 28.5 Å². The van der Waals surface area contributed by atoms with Gasteiger partial charge in [-0.2, -0.15) is 0 Å². The SMILES string of the molecule is C=CCN(CC=C)c1ccc(C(=S)c2ccc(N(CC=C)CC=C)cc2)cc1. The van der Waals surface area contributed by atoms with E-state index in [9.17, 15) is 0 Å². The smallest absolute Gasteiger partial charge is 0.0521 e. The quantitative estimate of drug-likeness (QED) is 0.257. The highest BCUT2D eigenvalue weighted by Crippen LogP contribution is 2.21. The molecule has 0 aromatic heterocycles. The van der Waals surface area contributed by atoms with Gasteiger partial charge in [0.05, 0.1) is 4.86 Å². The van der Waals surface area contributed by atoms with Crippen LogP contribution in [0.2, 0.25) is 0 Å². The molecule has 28 heavy (non-hydrogen) atoms. The maximum Gasteiger partial charge on any atom is 0.0521 e. The van der Waals surface area contributed by atoms with Crippen LogP contribution in [-0.4, -0.2) is 31.0 Å². The second kappa shape index (κ2) is 11.1. The van der Waals surface area contributed by atoms with Crippen LogP contribution in [0.25, 0.3) is 0 Å². The third-order valence-corrected chi connectivity index (χ3v) is 4.86. The molecular weight excluding hydrogens is 360 g/mol. The molecule has 0 aliphatic heterocycles. The molecule has 0 aliphatic carbocycles. The topological polar surface area (TPSA) is 6.48 Å². The zero-order valence-corrected chi connectivity index (χ0v) is 17.2. The van der Waals surface area contributed by atoms with E-state index >= 15 is 0 Å². The van der Waals surface area contributed by atoms with E-state index in [2.05, 4.69) is 84.6 Å². The molecule has 0 atom stereocenters. The largest absolute Gasteiger partial charge is 0.364 e. The Morgan fingerprint density at radius 2 is 0.893 bits per heavy atom. The van der Waals surface area contributed by atoms with Crippen molar-refractivity contribution in [1.82, 2.24) is 0 Å². The van der Waals surface area contributed by atoms with Crippen molar-refractivity contribution in [2.45, 2.75) is 0 Å². The van der Waals surface area contributed by atoms with Crippen molar-refractivity contribution < 1.29 is 0 Å². The molecule has 0 unspecified atom stereocenters. The molecule has 0 aliphatic rings. The minimum absolute atomic E-state index is 0.781. The van der Waals surface area contributed by atoms with Gasteiger partial charge in [-0.25, -0.2) is 0 Å². The molecule has 144 valence electrons. The van der Waals surface area contributed by atoms with Gasteiger partial charge in [0.25, 0.3) is 0 Å². The van der Waals surface area contributed by atoms with E-state index in [-0.39, 0.29) is 0 Å². The normalized spacial score (nSPS) is 10.0. The summed E-state index contributed by atoms with van der Waals surface area (Å²) in [7, 11) is 0. The van der Waals surface area contributed by atoms with Gasteiger partial charge in [0.15, 0.2) is 0 Å². The summed E-state index contributed by atoms with van der Waals surface area (Å²) in [6.45, 7) is 18.4. The zero-order chi connectivity index (χ0) is 20.4. The van der Waals surface area contributed by atoms with Gasteiger partial charge in [-0.05, 0) is 35.4 Å². The summed E-state index contributed by atoms with van der Waals surface area (Å²) in [4.78, 5) is 5.25. The molecule has 0 spiro atoms. The van der Waals surface area contributed by atoms with E-state index in [4.69, 9.17) is 12.2 Å². The predicted octanol–water partition coefficient (Wildman–Crippen LogP) is 5.81. The summed E-state index contributed by atoms with van der Waals surface area (Å²) >= 11 is 5.72. The second-order valence-electron chi connectivity index (χ2n) is 6.39. The van der Waals surface area contributed by atoms with E-state index in [0.29, 0.717) is 0 Å². The first kappa shape index (κ1) is 21.4. The highest BCUT2D eigenvalue weighted by Gasteiger charge is 2.09. The number of benzene rings is 2. The lowest BCUT2D eigenvalue weighted by molar-refractivity contribution is 0.956. The molecule has 2 rings (SSSR count). The molecule has 0 radical (unpaired) electrons. The van der Waals surface area contributed by atoms with Crippen LogP contribution < -0.4 is 9.80 Å². The fourth-order valence-electron chi connectivity index (χ4n) is 3.01. The van der Waals surface area contributed by atoms with Crippen LogP contribution in [0.5, 0.6) is 0 Å². The molecule has 0 bridgehead atoms. The van der Waals surface area contributed by atoms with E-state index in [0.717, 1.165) is 53.5 Å². The van der Waals surface area contributed by atoms with Crippen molar-refractivity contribution in [3.8, 4) is 0 Å². The average Bonchev–Trinajstić information content (AvgIpc) is 2.73. The Balaban J connectivity index is 2.16. The van der Waals surface area contributed by atoms with E-state index in [1.165, 1.54) is 0 Å². The number of thiocarbonyl (C=S) groups is 1. The van der Waals surface area contributed by atoms with Crippen molar-refractivity contribution in [3.05, 3.63) is 110 Å². The Bertz CT molecular complexity index is 729. The van der Waals surface area contributed by atoms with E-state index in [1.54, 1.807) is 0 Å². The average molecular weight is 389 g/mol. The van der Waals surface area contributed by atoms with Crippen LogP contribution >= 0.6 is 12.2 Å². The van der Waals surface area contributed by atoms with Crippen LogP contribution in [0.1, 0.15) is 11.1 Å². The molecule has 2 aromatic rings. The Labute approximate surface area is 174 Å². The third kappa shape index (κ3) is 5.54. The molecule has 0 fully saturated rings. The van der Waals surface area contributed by atoms with Crippen molar-refractivity contribution in [2.24, 2.45) is 0 Å². The Kier molecular flexibility index (Phi) is 8.44. The van der Waals surface area contributed by atoms with Crippen LogP contribution in [-0.2, 0) is 0 Å². The van der Waals surface area contributed by atoms with Gasteiger partial charge in [-0.1, -0.05) is 60.8 Å². The lowest BCUT2D eigenvalue weighted by atomic mass is 10.0. The Hall–Kier alpha value is -2.91. The second-order valence-corrected chi connectivity index (χ2v) is 6.80. The molecule has 0 N–H and O–H groups in total. The van der Waals surface area contributed by atoms with Gasteiger partial charge in [-0.3, -0.25) is 0 Å². The first-order chi connectivity index (χ1) is 13.6. The summed E-state index contributed by atoms with van der Waals surface area (Å²) in [6, 6.07) is 16.7. The molecule has 2 nitrogen and oxygen atoms in total. The zero-order valence-electron chi connectivity index (χ0n) is 16.4. The molecule has 0 saturated heterocycles. The minimum Gasteiger partial charge on any atom is -0.364 e. The number of rotatable bonds is 12. The lowest BCUT2D eigenvalue weighted by Gasteiger charge is -2.22. The van der Waals surface area contributed by atoms with E-state index in [1.807, 2.05) is 24.3 Å². The van der Waals surface area contributed by atoms with Crippen molar-refractivity contribution in [3.63, 3.8) is 0 Å². The predicted molar refractivity (Wildman–Crippen MR) is 129 cm³/mol. The summed E-state index contributed by atoms with van der Waals surface area (Å²) in [5.74, 6) is 0. The first-order valence-electron chi connectivity index (χ1n) is 9.32. The van der Waals surface area contributed by atoms with Crippen LogP contribution in [0, 0.1) is 0 Å². The third-order valence-electron chi connectivity index (χ3n) is 4.39. The summed E-state index contributed by atoms with van der Waals surface area (Å²) < 4.78 is 0. The molecule has 0 heterocycles. The molecular formula is C25H28N2S. The van der Waals surface area contributed by atoms with Gasteiger partial charge < -0.3 is 9.80 Å². The van der Waals surface area contributed by atoms with E-state index < -0.39 is 0 Å². The van der Waals surface area contributed by atoms with Gasteiger partial charge in [-0.15, -0.1) is 26.3 Å². The Morgan fingerprint density at radius 3 is 1.14 bits per heavy atom. The van der Waals surface area contributed by atoms with Gasteiger partial charge in [0, 0.05) is 37.6 Å². The highest BCUT2D eigenvalue weighted by atomic mass is 32.1. The maximum atomic E-state index is 5.72. The lowest BCUT2D eigenvalue weighted by Crippen LogP contribution is -2.23. The molecule has 0 amide bonds. The van der Waals surface area contributed by atoms with Gasteiger partial charge >= 0.3 is 0 Å². The summed E-state index contributed by atoms with van der Waals surface area (Å²) in [5, 5.41) is 0. The minimum atomic E-state index is 0.781. The Morgan fingerprint density at radius 1 is 0.607 bits per heavy atom. The summed E-state index contributed by atoms with van der Waals surface area (Å²) in [5.41, 5.74) is 4.34. The number of nitrogens with zero attached hydrogens (tertiary/aromatic N) is 2. The first-order valence-corrected chi connectivity index (χ1v) is 9.73. The maximum absolute atomic E-state index is 5.72. The van der Waals surface area contributed by atoms with Crippen molar-refractivity contribution in [1.29, 1.82) is 0 Å². The van der Waals surface area contributed by atoms with Crippen molar-refractivity contribution in [2.75, 3.05) is 36.0 Å². The summed E-state index contributed by atoms with van der Waals surface area (Å²) in [6.07, 6.45) is 7.58. The van der Waals surface area contributed by atoms with Gasteiger partial charge in [0.1, 0.15) is 0 Å².